The fourth-order valence-electron chi connectivity index (χ4n) is 1.68. The molecular formula is C14H16N2O3S. The maximum atomic E-state index is 11.7. The Morgan fingerprint density at radius 2 is 2.30 bits per heavy atom. The van der Waals surface area contributed by atoms with Crippen molar-refractivity contribution in [3.05, 3.63) is 41.0 Å². The van der Waals surface area contributed by atoms with E-state index in [9.17, 15) is 4.79 Å². The third-order valence-electron chi connectivity index (χ3n) is 2.62. The van der Waals surface area contributed by atoms with Gasteiger partial charge in [0.25, 0.3) is 0 Å². The first-order valence-corrected chi connectivity index (χ1v) is 7.10. The molecule has 106 valence electrons. The van der Waals surface area contributed by atoms with Crippen LogP contribution in [0, 0.1) is 0 Å². The quantitative estimate of drug-likeness (QED) is 0.829. The van der Waals surface area contributed by atoms with E-state index in [1.165, 1.54) is 11.3 Å². The number of carbonyl (C=O) groups excluding carboxylic acids is 1. The molecule has 0 saturated carbocycles. The van der Waals surface area contributed by atoms with Gasteiger partial charge in [-0.1, -0.05) is 12.1 Å². The highest BCUT2D eigenvalue weighted by Crippen LogP contribution is 2.22. The lowest BCUT2D eigenvalue weighted by atomic mass is 10.2. The highest BCUT2D eigenvalue weighted by atomic mass is 32.1. The molecule has 0 fully saturated rings. The summed E-state index contributed by atoms with van der Waals surface area (Å²) in [6, 6.07) is 7.74. The van der Waals surface area contributed by atoms with Gasteiger partial charge in [0.15, 0.2) is 5.69 Å². The van der Waals surface area contributed by atoms with Crippen molar-refractivity contribution in [2.75, 3.05) is 19.0 Å². The van der Waals surface area contributed by atoms with Crippen molar-refractivity contribution in [2.24, 2.45) is 0 Å². The molecule has 1 aromatic heterocycles. The van der Waals surface area contributed by atoms with E-state index in [4.69, 9.17) is 9.47 Å². The van der Waals surface area contributed by atoms with Crippen LogP contribution in [0.5, 0.6) is 5.75 Å². The van der Waals surface area contributed by atoms with E-state index < -0.39 is 5.97 Å². The number of methoxy groups -OCH3 is 1. The van der Waals surface area contributed by atoms with Crippen molar-refractivity contribution >= 4 is 22.3 Å². The van der Waals surface area contributed by atoms with E-state index in [1.54, 1.807) is 19.5 Å². The summed E-state index contributed by atoms with van der Waals surface area (Å²) in [6.07, 6.45) is 0. The normalized spacial score (nSPS) is 10.1. The van der Waals surface area contributed by atoms with Crippen LogP contribution in [0.15, 0.2) is 29.8 Å². The third kappa shape index (κ3) is 3.48. The second-order valence-electron chi connectivity index (χ2n) is 3.96. The molecule has 0 atom stereocenters. The Morgan fingerprint density at radius 1 is 1.45 bits per heavy atom. The number of esters is 1. The van der Waals surface area contributed by atoms with Crippen LogP contribution in [0.2, 0.25) is 0 Å². The summed E-state index contributed by atoms with van der Waals surface area (Å²) >= 11 is 1.38. The predicted molar refractivity (Wildman–Crippen MR) is 78.4 cm³/mol. The van der Waals surface area contributed by atoms with Crippen LogP contribution >= 0.6 is 11.3 Å². The SMILES string of the molecule is CCOC(=O)c1ncsc1NCc1cccc(OC)c1. The zero-order valence-corrected chi connectivity index (χ0v) is 12.2. The molecule has 1 heterocycles. The second kappa shape index (κ2) is 6.91. The number of carbonyl (C=O) groups is 1. The monoisotopic (exact) mass is 292 g/mol. The average Bonchev–Trinajstić information content (AvgIpc) is 2.94. The highest BCUT2D eigenvalue weighted by molar-refractivity contribution is 7.14. The Kier molecular flexibility index (Phi) is 4.95. The minimum Gasteiger partial charge on any atom is -0.497 e. The van der Waals surface area contributed by atoms with Gasteiger partial charge in [-0.15, -0.1) is 11.3 Å². The fraction of sp³-hybridized carbons (Fsp3) is 0.286. The molecule has 6 heteroatoms. The van der Waals surface area contributed by atoms with Gasteiger partial charge in [0, 0.05) is 6.54 Å². The molecule has 0 aliphatic carbocycles. The van der Waals surface area contributed by atoms with Gasteiger partial charge in [0.2, 0.25) is 0 Å². The third-order valence-corrected chi connectivity index (χ3v) is 3.41. The molecule has 0 unspecified atom stereocenters. The Balaban J connectivity index is 2.04. The molecule has 0 aliphatic heterocycles. The van der Waals surface area contributed by atoms with E-state index in [-0.39, 0.29) is 0 Å². The first-order chi connectivity index (χ1) is 9.74. The Hall–Kier alpha value is -2.08. The Morgan fingerprint density at radius 3 is 3.05 bits per heavy atom. The van der Waals surface area contributed by atoms with Crippen LogP contribution in [-0.4, -0.2) is 24.7 Å². The van der Waals surface area contributed by atoms with Gasteiger partial charge in [0.1, 0.15) is 10.8 Å². The van der Waals surface area contributed by atoms with Gasteiger partial charge in [-0.05, 0) is 24.6 Å². The first kappa shape index (κ1) is 14.3. The lowest BCUT2D eigenvalue weighted by molar-refractivity contribution is 0.0521. The fourth-order valence-corrected chi connectivity index (χ4v) is 2.35. The largest absolute Gasteiger partial charge is 0.497 e. The summed E-state index contributed by atoms with van der Waals surface area (Å²) in [5.74, 6) is 0.404. The van der Waals surface area contributed by atoms with Crippen molar-refractivity contribution in [1.29, 1.82) is 0 Å². The maximum Gasteiger partial charge on any atom is 0.360 e. The molecule has 0 radical (unpaired) electrons. The van der Waals surface area contributed by atoms with Gasteiger partial charge >= 0.3 is 5.97 Å². The van der Waals surface area contributed by atoms with Crippen LogP contribution < -0.4 is 10.1 Å². The number of hydrogen-bond acceptors (Lipinski definition) is 6. The molecular weight excluding hydrogens is 276 g/mol. The van der Waals surface area contributed by atoms with Crippen LogP contribution in [-0.2, 0) is 11.3 Å². The van der Waals surface area contributed by atoms with E-state index >= 15 is 0 Å². The van der Waals surface area contributed by atoms with Crippen molar-refractivity contribution in [1.82, 2.24) is 4.98 Å². The van der Waals surface area contributed by atoms with Gasteiger partial charge in [0.05, 0.1) is 19.2 Å². The lowest BCUT2D eigenvalue weighted by Crippen LogP contribution is -2.09. The predicted octanol–water partition coefficient (Wildman–Crippen LogP) is 2.94. The van der Waals surface area contributed by atoms with Crippen molar-refractivity contribution in [3.8, 4) is 5.75 Å². The summed E-state index contributed by atoms with van der Waals surface area (Å²) in [7, 11) is 1.63. The van der Waals surface area contributed by atoms with Crippen LogP contribution in [0.1, 0.15) is 23.0 Å². The summed E-state index contributed by atoms with van der Waals surface area (Å²) in [5, 5.41) is 3.91. The molecule has 1 aromatic carbocycles. The topological polar surface area (TPSA) is 60.5 Å². The molecule has 2 aromatic rings. The minimum absolute atomic E-state index is 0.333. The zero-order valence-electron chi connectivity index (χ0n) is 11.4. The lowest BCUT2D eigenvalue weighted by Gasteiger charge is -2.07. The smallest absolute Gasteiger partial charge is 0.360 e. The molecule has 0 saturated heterocycles. The van der Waals surface area contributed by atoms with E-state index in [1.807, 2.05) is 24.3 Å². The maximum absolute atomic E-state index is 11.7. The van der Waals surface area contributed by atoms with Gasteiger partial charge in [-0.2, -0.15) is 0 Å². The molecule has 20 heavy (non-hydrogen) atoms. The minimum atomic E-state index is -0.401. The number of nitrogens with zero attached hydrogens (tertiary/aromatic N) is 1. The molecule has 5 nitrogen and oxygen atoms in total. The van der Waals surface area contributed by atoms with E-state index in [2.05, 4.69) is 10.3 Å². The van der Waals surface area contributed by atoms with Crippen molar-refractivity contribution in [3.63, 3.8) is 0 Å². The van der Waals surface area contributed by atoms with Crippen LogP contribution in [0.3, 0.4) is 0 Å². The van der Waals surface area contributed by atoms with Gasteiger partial charge in [-0.25, -0.2) is 9.78 Å². The average molecular weight is 292 g/mol. The number of thiazole rings is 1. The second-order valence-corrected chi connectivity index (χ2v) is 4.81. The number of anilines is 1. The number of nitrogens with one attached hydrogen (secondary N) is 1. The molecule has 0 spiro atoms. The summed E-state index contributed by atoms with van der Waals surface area (Å²) < 4.78 is 10.1. The molecule has 0 amide bonds. The van der Waals surface area contributed by atoms with E-state index in [0.29, 0.717) is 23.8 Å². The van der Waals surface area contributed by atoms with Crippen LogP contribution in [0.25, 0.3) is 0 Å². The number of ether oxygens (including phenoxy) is 2. The number of aromatic nitrogens is 1. The molecule has 0 bridgehead atoms. The van der Waals surface area contributed by atoms with Gasteiger partial charge in [-0.3, -0.25) is 0 Å². The Bertz CT molecular complexity index is 583. The first-order valence-electron chi connectivity index (χ1n) is 6.22. The van der Waals surface area contributed by atoms with E-state index in [0.717, 1.165) is 11.3 Å². The molecule has 0 aliphatic rings. The number of hydrogen-bond donors (Lipinski definition) is 1. The molecule has 2 rings (SSSR count). The summed E-state index contributed by atoms with van der Waals surface area (Å²) in [4.78, 5) is 15.7. The summed E-state index contributed by atoms with van der Waals surface area (Å²) in [5.41, 5.74) is 3.02. The zero-order chi connectivity index (χ0) is 14.4. The Labute approximate surface area is 121 Å². The van der Waals surface area contributed by atoms with Crippen molar-refractivity contribution < 1.29 is 14.3 Å². The van der Waals surface area contributed by atoms with Gasteiger partial charge < -0.3 is 14.8 Å². The highest BCUT2D eigenvalue weighted by Gasteiger charge is 2.15. The summed E-state index contributed by atoms with van der Waals surface area (Å²) in [6.45, 7) is 2.70. The molecule has 1 N–H and O–H groups in total. The standard InChI is InChI=1S/C14H16N2O3S/c1-3-19-14(17)12-13(20-9-16-12)15-8-10-5-4-6-11(7-10)18-2/h4-7,9,15H,3,8H2,1-2H3. The number of rotatable bonds is 6. The van der Waals surface area contributed by atoms with Crippen LogP contribution in [0.4, 0.5) is 5.00 Å². The number of benzene rings is 1. The van der Waals surface area contributed by atoms with Crippen molar-refractivity contribution in [2.45, 2.75) is 13.5 Å².